The molecule has 0 aliphatic heterocycles. The minimum absolute atomic E-state index is 0.372. The van der Waals surface area contributed by atoms with Gasteiger partial charge in [-0.25, -0.2) is 4.99 Å². The molecule has 0 aliphatic rings. The SMILES string of the molecule is C#CN=C(C)/C=C(\C)N=O. The Morgan fingerprint density at radius 1 is 1.60 bits per heavy atom. The molecule has 0 N–H and O–H groups in total. The Morgan fingerprint density at radius 3 is 2.60 bits per heavy atom. The zero-order chi connectivity index (χ0) is 7.98. The van der Waals surface area contributed by atoms with Gasteiger partial charge < -0.3 is 0 Å². The van der Waals surface area contributed by atoms with Crippen LogP contribution in [0.5, 0.6) is 0 Å². The molecule has 0 rings (SSSR count). The molecule has 0 heterocycles. The van der Waals surface area contributed by atoms with Gasteiger partial charge in [0.05, 0.1) is 5.70 Å². The lowest BCUT2D eigenvalue weighted by molar-refractivity contribution is 1.29. The van der Waals surface area contributed by atoms with Crippen molar-refractivity contribution in [2.24, 2.45) is 10.2 Å². The fraction of sp³-hybridized carbons (Fsp3) is 0.286. The molecule has 0 unspecified atom stereocenters. The predicted octanol–water partition coefficient (Wildman–Crippen LogP) is 1.71. The summed E-state index contributed by atoms with van der Waals surface area (Å²) >= 11 is 0. The normalized spacial score (nSPS) is 12.5. The first-order valence-corrected chi connectivity index (χ1v) is 2.72. The van der Waals surface area contributed by atoms with Gasteiger partial charge >= 0.3 is 0 Å². The van der Waals surface area contributed by atoms with E-state index in [4.69, 9.17) is 6.42 Å². The minimum Gasteiger partial charge on any atom is -0.203 e. The summed E-state index contributed by atoms with van der Waals surface area (Å²) in [4.78, 5) is 13.4. The van der Waals surface area contributed by atoms with Gasteiger partial charge in [-0.3, -0.25) is 0 Å². The number of terminal acetylenes is 1. The van der Waals surface area contributed by atoms with Crippen molar-refractivity contribution in [2.45, 2.75) is 13.8 Å². The number of allylic oxidation sites excluding steroid dienone is 2. The molecule has 3 heteroatoms. The smallest absolute Gasteiger partial charge is 0.0836 e. The number of hydrogen-bond acceptors (Lipinski definition) is 3. The van der Waals surface area contributed by atoms with E-state index in [2.05, 4.69) is 16.2 Å². The topological polar surface area (TPSA) is 41.8 Å². The number of nitroso groups, excluding NO2 is 1. The highest BCUT2D eigenvalue weighted by molar-refractivity contribution is 5.93. The molecule has 0 atom stereocenters. The maximum absolute atomic E-state index is 9.82. The summed E-state index contributed by atoms with van der Waals surface area (Å²) < 4.78 is 0. The van der Waals surface area contributed by atoms with Crippen LogP contribution < -0.4 is 0 Å². The monoisotopic (exact) mass is 136 g/mol. The Hall–Kier alpha value is -1.43. The van der Waals surface area contributed by atoms with Gasteiger partial charge in [-0.15, -0.1) is 4.91 Å². The van der Waals surface area contributed by atoms with Crippen LogP contribution in [0.4, 0.5) is 0 Å². The molecule has 10 heavy (non-hydrogen) atoms. The van der Waals surface area contributed by atoms with Crippen LogP contribution in [0, 0.1) is 17.4 Å². The Balaban J connectivity index is 4.29. The van der Waals surface area contributed by atoms with Crippen molar-refractivity contribution >= 4 is 5.71 Å². The fourth-order valence-electron chi connectivity index (χ4n) is 0.463. The summed E-state index contributed by atoms with van der Waals surface area (Å²) in [5.74, 6) is 0. The highest BCUT2D eigenvalue weighted by Crippen LogP contribution is 1.93. The maximum Gasteiger partial charge on any atom is 0.0836 e. The third kappa shape index (κ3) is 3.56. The second-order valence-electron chi connectivity index (χ2n) is 1.76. The van der Waals surface area contributed by atoms with Gasteiger partial charge in [0, 0.05) is 11.8 Å². The van der Waals surface area contributed by atoms with Crippen molar-refractivity contribution in [2.75, 3.05) is 0 Å². The Morgan fingerprint density at radius 2 is 2.20 bits per heavy atom. The van der Waals surface area contributed by atoms with E-state index >= 15 is 0 Å². The van der Waals surface area contributed by atoms with Crippen molar-refractivity contribution < 1.29 is 0 Å². The summed E-state index contributed by atoms with van der Waals surface area (Å²) in [7, 11) is 0. The van der Waals surface area contributed by atoms with Gasteiger partial charge in [0.15, 0.2) is 0 Å². The van der Waals surface area contributed by atoms with E-state index in [1.54, 1.807) is 13.8 Å². The van der Waals surface area contributed by atoms with Crippen molar-refractivity contribution in [1.29, 1.82) is 0 Å². The molecule has 0 aliphatic carbocycles. The minimum atomic E-state index is 0.372. The second-order valence-corrected chi connectivity index (χ2v) is 1.76. The van der Waals surface area contributed by atoms with Crippen molar-refractivity contribution in [3.8, 4) is 12.5 Å². The summed E-state index contributed by atoms with van der Waals surface area (Å²) in [6, 6.07) is 2.10. The average molecular weight is 136 g/mol. The third-order valence-electron chi connectivity index (χ3n) is 0.803. The van der Waals surface area contributed by atoms with Crippen molar-refractivity contribution in [3.05, 3.63) is 16.7 Å². The van der Waals surface area contributed by atoms with Crippen LogP contribution in [0.15, 0.2) is 21.9 Å². The largest absolute Gasteiger partial charge is 0.203 e. The van der Waals surface area contributed by atoms with Crippen LogP contribution in [0.25, 0.3) is 0 Å². The number of nitrogens with zero attached hydrogens (tertiary/aromatic N) is 2. The van der Waals surface area contributed by atoms with E-state index in [1.807, 2.05) is 0 Å². The summed E-state index contributed by atoms with van der Waals surface area (Å²) in [5, 5.41) is 2.67. The summed E-state index contributed by atoms with van der Waals surface area (Å²) in [5.41, 5.74) is 0.983. The average Bonchev–Trinajstić information content (AvgIpc) is 1.88. The zero-order valence-corrected chi connectivity index (χ0v) is 5.96. The van der Waals surface area contributed by atoms with Gasteiger partial charge in [0.1, 0.15) is 0 Å². The molecule has 0 aromatic carbocycles. The molecule has 0 bridgehead atoms. The van der Waals surface area contributed by atoms with Gasteiger partial charge in [-0.1, -0.05) is 6.42 Å². The van der Waals surface area contributed by atoms with Crippen LogP contribution in [-0.4, -0.2) is 5.71 Å². The molecule has 0 radical (unpaired) electrons. The molecular formula is C7H8N2O. The molecule has 52 valence electrons. The lowest BCUT2D eigenvalue weighted by atomic mass is 10.3. The Labute approximate surface area is 59.8 Å². The standard InChI is InChI=1S/C7H8N2O/c1-4-8-6(2)5-7(3)9-10/h1,5H,2-3H3/b7-5+,8-6?. The highest BCUT2D eigenvalue weighted by Gasteiger charge is 1.86. The molecule has 3 nitrogen and oxygen atoms in total. The van der Waals surface area contributed by atoms with Crippen molar-refractivity contribution in [3.63, 3.8) is 0 Å². The first-order valence-electron chi connectivity index (χ1n) is 2.72. The lowest BCUT2D eigenvalue weighted by Gasteiger charge is -1.85. The van der Waals surface area contributed by atoms with Crippen LogP contribution in [-0.2, 0) is 0 Å². The second kappa shape index (κ2) is 4.45. The van der Waals surface area contributed by atoms with E-state index in [0.29, 0.717) is 11.4 Å². The molecule has 0 saturated carbocycles. The van der Waals surface area contributed by atoms with Gasteiger partial charge in [0.2, 0.25) is 0 Å². The highest BCUT2D eigenvalue weighted by atomic mass is 16.3. The van der Waals surface area contributed by atoms with E-state index in [-0.39, 0.29) is 0 Å². The number of rotatable bonds is 2. The first-order chi connectivity index (χ1) is 4.70. The third-order valence-corrected chi connectivity index (χ3v) is 0.803. The number of hydrogen-bond donors (Lipinski definition) is 0. The van der Waals surface area contributed by atoms with Crippen molar-refractivity contribution in [1.82, 2.24) is 0 Å². The first kappa shape index (κ1) is 8.57. The molecule has 0 spiro atoms. The van der Waals surface area contributed by atoms with Crippen LogP contribution in [0.1, 0.15) is 13.8 Å². The van der Waals surface area contributed by atoms with Gasteiger partial charge in [-0.2, -0.15) is 0 Å². The van der Waals surface area contributed by atoms with Crippen LogP contribution in [0.3, 0.4) is 0 Å². The molecule has 0 amide bonds. The van der Waals surface area contributed by atoms with Gasteiger partial charge in [0.25, 0.3) is 0 Å². The van der Waals surface area contributed by atoms with Gasteiger partial charge in [-0.05, 0) is 25.1 Å². The maximum atomic E-state index is 9.82. The molecule has 0 fully saturated rings. The quantitative estimate of drug-likeness (QED) is 0.323. The summed E-state index contributed by atoms with van der Waals surface area (Å²) in [6.45, 7) is 3.29. The Kier molecular flexibility index (Phi) is 3.81. The van der Waals surface area contributed by atoms with Crippen LogP contribution in [0.2, 0.25) is 0 Å². The fourth-order valence-corrected chi connectivity index (χ4v) is 0.463. The zero-order valence-electron chi connectivity index (χ0n) is 5.96. The van der Waals surface area contributed by atoms with Crippen LogP contribution >= 0.6 is 0 Å². The van der Waals surface area contributed by atoms with E-state index in [0.717, 1.165) is 0 Å². The van der Waals surface area contributed by atoms with E-state index < -0.39 is 0 Å². The summed E-state index contributed by atoms with van der Waals surface area (Å²) in [6.07, 6.45) is 6.39. The Bertz CT molecular complexity index is 220. The molecule has 0 aromatic heterocycles. The number of aliphatic imine (C=N–C) groups is 1. The lowest BCUT2D eigenvalue weighted by Crippen LogP contribution is -1.83. The molecule has 0 aromatic rings. The molecular weight excluding hydrogens is 128 g/mol. The predicted molar refractivity (Wildman–Crippen MR) is 41.5 cm³/mol. The molecule has 0 saturated heterocycles. The van der Waals surface area contributed by atoms with E-state index in [9.17, 15) is 4.91 Å². The van der Waals surface area contributed by atoms with E-state index in [1.165, 1.54) is 6.08 Å².